The molecule has 0 amide bonds. The summed E-state index contributed by atoms with van der Waals surface area (Å²) in [5, 5.41) is 0. The molecule has 0 aromatic heterocycles. The van der Waals surface area contributed by atoms with Crippen LogP contribution in [0.2, 0.25) is 0 Å². The number of nitrogens with zero attached hydrogens (tertiary/aromatic N) is 1. The molecule has 0 bridgehead atoms. The number of rotatable bonds is 1. The van der Waals surface area contributed by atoms with E-state index in [2.05, 4.69) is 17.1 Å². The third-order valence-corrected chi connectivity index (χ3v) is 3.10. The average molecular weight is 166 g/mol. The second-order valence-corrected chi connectivity index (χ2v) is 3.94. The van der Waals surface area contributed by atoms with E-state index >= 15 is 0 Å². The van der Waals surface area contributed by atoms with Gasteiger partial charge in [-0.3, -0.25) is 4.90 Å². The molecule has 1 fully saturated rings. The molecule has 2 atom stereocenters. The molecule has 0 spiro atoms. The minimum atomic E-state index is 0.429. The Bertz CT molecular complexity index is 169. The summed E-state index contributed by atoms with van der Waals surface area (Å²) < 4.78 is 0. The van der Waals surface area contributed by atoms with Gasteiger partial charge in [-0.05, 0) is 12.8 Å². The lowest BCUT2D eigenvalue weighted by Crippen LogP contribution is -2.48. The first-order valence-electron chi connectivity index (χ1n) is 5.02. The van der Waals surface area contributed by atoms with E-state index in [4.69, 9.17) is 5.73 Å². The van der Waals surface area contributed by atoms with Crippen molar-refractivity contribution in [3.8, 4) is 0 Å². The summed E-state index contributed by atoms with van der Waals surface area (Å²) >= 11 is 0. The van der Waals surface area contributed by atoms with Crippen molar-refractivity contribution in [2.24, 2.45) is 5.73 Å². The van der Waals surface area contributed by atoms with Crippen molar-refractivity contribution < 1.29 is 0 Å². The van der Waals surface area contributed by atoms with Crippen LogP contribution in [-0.2, 0) is 0 Å². The molecule has 0 saturated heterocycles. The van der Waals surface area contributed by atoms with Gasteiger partial charge in [-0.15, -0.1) is 0 Å². The maximum atomic E-state index is 6.09. The van der Waals surface area contributed by atoms with E-state index in [9.17, 15) is 0 Å². The molecule has 0 unspecified atom stereocenters. The molecule has 2 aliphatic rings. The summed E-state index contributed by atoms with van der Waals surface area (Å²) in [5.74, 6) is 0. The second-order valence-electron chi connectivity index (χ2n) is 3.94. The molecule has 2 rings (SSSR count). The zero-order valence-corrected chi connectivity index (χ0v) is 7.58. The van der Waals surface area contributed by atoms with Crippen LogP contribution in [0.5, 0.6) is 0 Å². The molecule has 2 nitrogen and oxygen atoms in total. The predicted molar refractivity (Wildman–Crippen MR) is 50.9 cm³/mol. The van der Waals surface area contributed by atoms with Crippen molar-refractivity contribution in [3.63, 3.8) is 0 Å². The third-order valence-electron chi connectivity index (χ3n) is 3.10. The van der Waals surface area contributed by atoms with E-state index in [-0.39, 0.29) is 0 Å². The van der Waals surface area contributed by atoms with Crippen LogP contribution >= 0.6 is 0 Å². The fraction of sp³-hybridized carbons (Fsp3) is 0.800. The molecule has 12 heavy (non-hydrogen) atoms. The summed E-state index contributed by atoms with van der Waals surface area (Å²) in [7, 11) is 0. The highest BCUT2D eigenvalue weighted by Crippen LogP contribution is 2.22. The molecular formula is C10H18N2. The molecular weight excluding hydrogens is 148 g/mol. The maximum absolute atomic E-state index is 6.09. The van der Waals surface area contributed by atoms with Gasteiger partial charge in [0.15, 0.2) is 0 Å². The minimum absolute atomic E-state index is 0.429. The smallest absolute Gasteiger partial charge is 0.0253 e. The molecule has 1 aliphatic heterocycles. The van der Waals surface area contributed by atoms with E-state index in [0.717, 1.165) is 13.1 Å². The van der Waals surface area contributed by atoms with Gasteiger partial charge in [0.1, 0.15) is 0 Å². The monoisotopic (exact) mass is 166 g/mol. The first-order valence-corrected chi connectivity index (χ1v) is 5.02. The molecule has 0 aromatic rings. The SMILES string of the molecule is N[C@@H]1CCCC[C@H]1N1CC=CC1. The quantitative estimate of drug-likeness (QED) is 0.592. The highest BCUT2D eigenvalue weighted by molar-refractivity contribution is 5.00. The number of nitrogens with two attached hydrogens (primary N) is 1. The van der Waals surface area contributed by atoms with Gasteiger partial charge in [0.25, 0.3) is 0 Å². The highest BCUT2D eigenvalue weighted by atomic mass is 15.2. The summed E-state index contributed by atoms with van der Waals surface area (Å²) in [6.45, 7) is 2.25. The second kappa shape index (κ2) is 3.58. The normalized spacial score (nSPS) is 37.4. The van der Waals surface area contributed by atoms with Crippen molar-refractivity contribution in [3.05, 3.63) is 12.2 Å². The lowest BCUT2D eigenvalue weighted by Gasteiger charge is -2.35. The van der Waals surface area contributed by atoms with Crippen LogP contribution < -0.4 is 5.73 Å². The van der Waals surface area contributed by atoms with E-state index in [0.29, 0.717) is 12.1 Å². The first kappa shape index (κ1) is 8.27. The van der Waals surface area contributed by atoms with Gasteiger partial charge in [0, 0.05) is 25.2 Å². The molecule has 2 heteroatoms. The summed E-state index contributed by atoms with van der Waals surface area (Å²) in [5.41, 5.74) is 6.09. The van der Waals surface area contributed by atoms with Crippen molar-refractivity contribution in [2.45, 2.75) is 37.8 Å². The zero-order chi connectivity index (χ0) is 8.39. The van der Waals surface area contributed by atoms with Crippen molar-refractivity contribution in [1.29, 1.82) is 0 Å². The lowest BCUT2D eigenvalue weighted by atomic mass is 9.90. The van der Waals surface area contributed by atoms with Gasteiger partial charge in [-0.1, -0.05) is 25.0 Å². The van der Waals surface area contributed by atoms with E-state index < -0.39 is 0 Å². The third kappa shape index (κ3) is 1.54. The molecule has 0 radical (unpaired) electrons. The van der Waals surface area contributed by atoms with Gasteiger partial charge >= 0.3 is 0 Å². The molecule has 2 N–H and O–H groups in total. The van der Waals surface area contributed by atoms with E-state index in [1.54, 1.807) is 0 Å². The molecule has 1 saturated carbocycles. The predicted octanol–water partition coefficient (Wildman–Crippen LogP) is 1.13. The highest BCUT2D eigenvalue weighted by Gasteiger charge is 2.27. The Morgan fingerprint density at radius 3 is 2.42 bits per heavy atom. The Morgan fingerprint density at radius 1 is 1.08 bits per heavy atom. The summed E-state index contributed by atoms with van der Waals surface area (Å²) in [4.78, 5) is 2.50. The van der Waals surface area contributed by atoms with Gasteiger partial charge < -0.3 is 5.73 Å². The Kier molecular flexibility index (Phi) is 2.47. The van der Waals surface area contributed by atoms with Crippen molar-refractivity contribution in [1.82, 2.24) is 4.90 Å². The minimum Gasteiger partial charge on any atom is -0.326 e. The molecule has 68 valence electrons. The fourth-order valence-electron chi connectivity index (χ4n) is 2.36. The Balaban J connectivity index is 1.92. The van der Waals surface area contributed by atoms with Gasteiger partial charge in [0.05, 0.1) is 0 Å². The summed E-state index contributed by atoms with van der Waals surface area (Å²) in [6.07, 6.45) is 9.74. The van der Waals surface area contributed by atoms with Gasteiger partial charge in [0.2, 0.25) is 0 Å². The van der Waals surface area contributed by atoms with Gasteiger partial charge in [-0.25, -0.2) is 0 Å². The van der Waals surface area contributed by atoms with Crippen molar-refractivity contribution in [2.75, 3.05) is 13.1 Å². The van der Waals surface area contributed by atoms with Crippen LogP contribution in [0.4, 0.5) is 0 Å². The van der Waals surface area contributed by atoms with E-state index in [1.807, 2.05) is 0 Å². The summed E-state index contributed by atoms with van der Waals surface area (Å²) in [6, 6.07) is 1.09. The van der Waals surface area contributed by atoms with E-state index in [1.165, 1.54) is 25.7 Å². The maximum Gasteiger partial charge on any atom is 0.0253 e. The zero-order valence-electron chi connectivity index (χ0n) is 7.58. The van der Waals surface area contributed by atoms with Crippen LogP contribution in [0.3, 0.4) is 0 Å². The number of hydrogen-bond donors (Lipinski definition) is 1. The Morgan fingerprint density at radius 2 is 1.75 bits per heavy atom. The Labute approximate surface area is 74.4 Å². The molecule has 1 aliphatic carbocycles. The van der Waals surface area contributed by atoms with Crippen LogP contribution in [0, 0.1) is 0 Å². The fourth-order valence-corrected chi connectivity index (χ4v) is 2.36. The molecule has 1 heterocycles. The lowest BCUT2D eigenvalue weighted by molar-refractivity contribution is 0.175. The average Bonchev–Trinajstić information content (AvgIpc) is 2.57. The standard InChI is InChI=1S/C10H18N2/c11-9-5-1-2-6-10(9)12-7-3-4-8-12/h3-4,9-10H,1-2,5-8,11H2/t9-,10-/m1/s1. The van der Waals surface area contributed by atoms with Crippen LogP contribution in [0.1, 0.15) is 25.7 Å². The van der Waals surface area contributed by atoms with Crippen LogP contribution in [0.25, 0.3) is 0 Å². The van der Waals surface area contributed by atoms with Crippen molar-refractivity contribution >= 4 is 0 Å². The topological polar surface area (TPSA) is 29.3 Å². The number of hydrogen-bond acceptors (Lipinski definition) is 2. The Hall–Kier alpha value is -0.340. The van der Waals surface area contributed by atoms with Crippen LogP contribution in [0.15, 0.2) is 12.2 Å². The van der Waals surface area contributed by atoms with Gasteiger partial charge in [-0.2, -0.15) is 0 Å². The first-order chi connectivity index (χ1) is 5.88. The largest absolute Gasteiger partial charge is 0.326 e. The molecule has 0 aromatic carbocycles. The van der Waals surface area contributed by atoms with Crippen LogP contribution in [-0.4, -0.2) is 30.1 Å².